The maximum atomic E-state index is 13.6. The molecule has 3 heteroatoms. The molecule has 0 amide bonds. The molecule has 0 bridgehead atoms. The third kappa shape index (κ3) is 4.18. The Morgan fingerprint density at radius 2 is 1.90 bits per heavy atom. The predicted octanol–water partition coefficient (Wildman–Crippen LogP) is 3.42. The van der Waals surface area contributed by atoms with E-state index in [0.717, 1.165) is 19.4 Å². The molecule has 20 heavy (non-hydrogen) atoms. The van der Waals surface area contributed by atoms with Crippen molar-refractivity contribution in [2.24, 2.45) is 0 Å². The van der Waals surface area contributed by atoms with E-state index >= 15 is 0 Å². The number of nitriles is 1. The summed E-state index contributed by atoms with van der Waals surface area (Å²) in [5.74, 6) is -0.320. The van der Waals surface area contributed by atoms with Crippen molar-refractivity contribution in [3.63, 3.8) is 0 Å². The molecule has 0 aliphatic heterocycles. The highest BCUT2D eigenvalue weighted by Crippen LogP contribution is 2.09. The third-order valence-electron chi connectivity index (χ3n) is 3.16. The van der Waals surface area contributed by atoms with Crippen molar-refractivity contribution in [1.29, 1.82) is 5.26 Å². The fourth-order valence-electron chi connectivity index (χ4n) is 2.05. The number of hydrogen-bond acceptors (Lipinski definition) is 2. The van der Waals surface area contributed by atoms with Crippen molar-refractivity contribution in [3.05, 3.63) is 71.0 Å². The molecule has 0 saturated carbocycles. The van der Waals surface area contributed by atoms with Crippen LogP contribution in [0.5, 0.6) is 0 Å². The van der Waals surface area contributed by atoms with E-state index in [-0.39, 0.29) is 5.82 Å². The summed E-state index contributed by atoms with van der Waals surface area (Å²) in [5, 5.41) is 11.9. The van der Waals surface area contributed by atoms with E-state index in [1.807, 2.05) is 24.3 Å². The van der Waals surface area contributed by atoms with Crippen LogP contribution >= 0.6 is 0 Å². The van der Waals surface area contributed by atoms with Gasteiger partial charge in [-0.15, -0.1) is 0 Å². The number of nitrogens with one attached hydrogen (secondary N) is 1. The predicted molar refractivity (Wildman–Crippen MR) is 77.6 cm³/mol. The standard InChI is InChI=1S/C17H17FN2/c18-17-11-15(12-19)8-9-16(17)13-20-10-4-7-14-5-2-1-3-6-14/h1-3,5-6,8-9,11,20H,4,7,10,13H2. The van der Waals surface area contributed by atoms with E-state index in [0.29, 0.717) is 17.7 Å². The third-order valence-corrected chi connectivity index (χ3v) is 3.16. The molecule has 0 aliphatic carbocycles. The Hall–Kier alpha value is -2.18. The summed E-state index contributed by atoms with van der Waals surface area (Å²) >= 11 is 0. The first-order chi connectivity index (χ1) is 9.79. The second-order valence-corrected chi connectivity index (χ2v) is 4.68. The van der Waals surface area contributed by atoms with E-state index in [1.54, 1.807) is 12.1 Å². The maximum Gasteiger partial charge on any atom is 0.129 e. The molecular weight excluding hydrogens is 251 g/mol. The van der Waals surface area contributed by atoms with E-state index in [9.17, 15) is 4.39 Å². The van der Waals surface area contributed by atoms with Gasteiger partial charge in [0.1, 0.15) is 5.82 Å². The Morgan fingerprint density at radius 3 is 2.60 bits per heavy atom. The van der Waals surface area contributed by atoms with Crippen molar-refractivity contribution in [1.82, 2.24) is 5.32 Å². The number of halogens is 1. The van der Waals surface area contributed by atoms with E-state index < -0.39 is 0 Å². The summed E-state index contributed by atoms with van der Waals surface area (Å²) in [7, 11) is 0. The highest BCUT2D eigenvalue weighted by molar-refractivity contribution is 5.32. The van der Waals surface area contributed by atoms with Gasteiger partial charge in [-0.2, -0.15) is 5.26 Å². The maximum absolute atomic E-state index is 13.6. The molecule has 0 atom stereocenters. The van der Waals surface area contributed by atoms with Crippen LogP contribution in [-0.2, 0) is 13.0 Å². The fourth-order valence-corrected chi connectivity index (χ4v) is 2.05. The zero-order valence-electron chi connectivity index (χ0n) is 11.3. The van der Waals surface area contributed by atoms with Gasteiger partial charge in [-0.05, 0) is 37.1 Å². The normalized spacial score (nSPS) is 10.2. The Kier molecular flexibility index (Phi) is 5.28. The lowest BCUT2D eigenvalue weighted by molar-refractivity contribution is 0.581. The number of nitrogens with zero attached hydrogens (tertiary/aromatic N) is 1. The van der Waals surface area contributed by atoms with Crippen LogP contribution < -0.4 is 5.32 Å². The summed E-state index contributed by atoms with van der Waals surface area (Å²) in [6.45, 7) is 1.33. The first-order valence-corrected chi connectivity index (χ1v) is 6.73. The molecule has 2 aromatic rings. The number of hydrogen-bond donors (Lipinski definition) is 1. The minimum atomic E-state index is -0.320. The van der Waals surface area contributed by atoms with Crippen LogP contribution in [0.1, 0.15) is 23.1 Å². The zero-order chi connectivity index (χ0) is 14.2. The van der Waals surface area contributed by atoms with Gasteiger partial charge in [0.2, 0.25) is 0 Å². The second-order valence-electron chi connectivity index (χ2n) is 4.68. The SMILES string of the molecule is N#Cc1ccc(CNCCCc2ccccc2)c(F)c1. The number of aryl methyl sites for hydroxylation is 1. The van der Waals surface area contributed by atoms with E-state index in [2.05, 4.69) is 17.4 Å². The molecule has 1 N–H and O–H groups in total. The average Bonchev–Trinajstić information content (AvgIpc) is 2.49. The monoisotopic (exact) mass is 268 g/mol. The van der Waals surface area contributed by atoms with Crippen LogP contribution in [0.4, 0.5) is 4.39 Å². The lowest BCUT2D eigenvalue weighted by Crippen LogP contribution is -2.16. The molecule has 102 valence electrons. The molecule has 2 nitrogen and oxygen atoms in total. The summed E-state index contributed by atoms with van der Waals surface area (Å²) in [5.41, 5.74) is 2.28. The quantitative estimate of drug-likeness (QED) is 0.815. The summed E-state index contributed by atoms with van der Waals surface area (Å²) in [4.78, 5) is 0. The summed E-state index contributed by atoms with van der Waals surface area (Å²) < 4.78 is 13.6. The first-order valence-electron chi connectivity index (χ1n) is 6.73. The lowest BCUT2D eigenvalue weighted by Gasteiger charge is -2.06. The lowest BCUT2D eigenvalue weighted by atomic mass is 10.1. The van der Waals surface area contributed by atoms with Gasteiger partial charge < -0.3 is 5.32 Å². The summed E-state index contributed by atoms with van der Waals surface area (Å²) in [6.07, 6.45) is 2.03. The molecule has 0 aromatic heterocycles. The van der Waals surface area contributed by atoms with Crippen LogP contribution in [0.3, 0.4) is 0 Å². The van der Waals surface area contributed by atoms with E-state index in [1.165, 1.54) is 11.6 Å². The largest absolute Gasteiger partial charge is 0.313 e. The Morgan fingerprint density at radius 1 is 1.10 bits per heavy atom. The minimum absolute atomic E-state index is 0.320. The summed E-state index contributed by atoms with van der Waals surface area (Å²) in [6, 6.07) is 16.8. The average molecular weight is 268 g/mol. The molecule has 0 spiro atoms. The first kappa shape index (κ1) is 14.2. The Labute approximate surface area is 118 Å². The van der Waals surface area contributed by atoms with Crippen molar-refractivity contribution in [3.8, 4) is 6.07 Å². The van der Waals surface area contributed by atoms with Crippen molar-refractivity contribution >= 4 is 0 Å². The minimum Gasteiger partial charge on any atom is -0.313 e. The Balaban J connectivity index is 1.72. The molecule has 0 aliphatic rings. The molecule has 2 aromatic carbocycles. The van der Waals surface area contributed by atoms with Crippen molar-refractivity contribution < 1.29 is 4.39 Å². The molecular formula is C17H17FN2. The second kappa shape index (κ2) is 7.42. The molecule has 0 unspecified atom stereocenters. The highest BCUT2D eigenvalue weighted by atomic mass is 19.1. The van der Waals surface area contributed by atoms with Gasteiger partial charge in [-0.1, -0.05) is 36.4 Å². The zero-order valence-corrected chi connectivity index (χ0v) is 11.3. The van der Waals surface area contributed by atoms with Gasteiger partial charge in [0, 0.05) is 12.1 Å². The number of benzene rings is 2. The smallest absolute Gasteiger partial charge is 0.129 e. The van der Waals surface area contributed by atoms with Crippen LogP contribution in [0, 0.1) is 17.1 Å². The number of rotatable bonds is 6. The van der Waals surface area contributed by atoms with E-state index in [4.69, 9.17) is 5.26 Å². The fraction of sp³-hybridized carbons (Fsp3) is 0.235. The van der Waals surface area contributed by atoms with Crippen LogP contribution in [0.25, 0.3) is 0 Å². The Bertz CT molecular complexity index is 588. The molecule has 0 saturated heterocycles. The van der Waals surface area contributed by atoms with Gasteiger partial charge in [0.05, 0.1) is 11.6 Å². The van der Waals surface area contributed by atoms with Gasteiger partial charge in [0.15, 0.2) is 0 Å². The van der Waals surface area contributed by atoms with Gasteiger partial charge >= 0.3 is 0 Å². The highest BCUT2D eigenvalue weighted by Gasteiger charge is 2.02. The molecule has 0 fully saturated rings. The van der Waals surface area contributed by atoms with Gasteiger partial charge in [-0.25, -0.2) is 4.39 Å². The van der Waals surface area contributed by atoms with Crippen LogP contribution in [-0.4, -0.2) is 6.54 Å². The van der Waals surface area contributed by atoms with Gasteiger partial charge in [-0.3, -0.25) is 0 Å². The molecule has 0 radical (unpaired) electrons. The molecule has 2 rings (SSSR count). The van der Waals surface area contributed by atoms with Gasteiger partial charge in [0.25, 0.3) is 0 Å². The van der Waals surface area contributed by atoms with Crippen molar-refractivity contribution in [2.45, 2.75) is 19.4 Å². The topological polar surface area (TPSA) is 35.8 Å². The van der Waals surface area contributed by atoms with Crippen LogP contribution in [0.2, 0.25) is 0 Å². The van der Waals surface area contributed by atoms with Crippen LogP contribution in [0.15, 0.2) is 48.5 Å². The van der Waals surface area contributed by atoms with Crippen molar-refractivity contribution in [2.75, 3.05) is 6.54 Å². The molecule has 0 heterocycles.